The van der Waals surface area contributed by atoms with Crippen LogP contribution in [0, 0.1) is 10.1 Å². The number of nitrogens with zero attached hydrogens (tertiary/aromatic N) is 2. The van der Waals surface area contributed by atoms with E-state index < -0.39 is 30.7 Å². The van der Waals surface area contributed by atoms with Crippen molar-refractivity contribution in [1.29, 1.82) is 0 Å². The zero-order valence-corrected chi connectivity index (χ0v) is 11.6. The van der Waals surface area contributed by atoms with Gasteiger partial charge >= 0.3 is 5.69 Å². The average molecular weight is 302 g/mol. The summed E-state index contributed by atoms with van der Waals surface area (Å²) in [7, 11) is -2.56. The Morgan fingerprint density at radius 3 is 2.60 bits per heavy atom. The molecule has 9 heteroatoms. The molecule has 0 aromatic carbocycles. The van der Waals surface area contributed by atoms with E-state index in [1.165, 1.54) is 13.2 Å². The van der Waals surface area contributed by atoms with E-state index in [1.54, 1.807) is 0 Å². The molecule has 20 heavy (non-hydrogen) atoms. The van der Waals surface area contributed by atoms with Crippen LogP contribution < -0.4 is 4.74 Å². The van der Waals surface area contributed by atoms with Gasteiger partial charge in [0.15, 0.2) is 0 Å². The predicted octanol–water partition coefficient (Wildman–Crippen LogP) is 0.951. The summed E-state index contributed by atoms with van der Waals surface area (Å²) in [5, 5.41) is 9.74. The number of rotatable bonds is 4. The van der Waals surface area contributed by atoms with Crippen molar-refractivity contribution in [3.05, 3.63) is 22.2 Å². The lowest BCUT2D eigenvalue weighted by Gasteiger charge is -2.21. The molecule has 2 rings (SSSR count). The first-order chi connectivity index (χ1) is 9.46. The molecule has 1 aliphatic heterocycles. The van der Waals surface area contributed by atoms with Crippen LogP contribution in [0.2, 0.25) is 0 Å². The number of hydrogen-bond acceptors (Lipinski definition) is 7. The van der Waals surface area contributed by atoms with Crippen LogP contribution in [0.3, 0.4) is 0 Å². The fraction of sp³-hybridized carbons (Fsp3) is 0.545. The highest BCUT2D eigenvalue weighted by atomic mass is 32.2. The summed E-state index contributed by atoms with van der Waals surface area (Å²) in [6.07, 6.45) is 0.608. The van der Waals surface area contributed by atoms with E-state index in [2.05, 4.69) is 4.98 Å². The van der Waals surface area contributed by atoms with Crippen molar-refractivity contribution in [3.8, 4) is 5.88 Å². The van der Waals surface area contributed by atoms with Crippen molar-refractivity contribution in [2.24, 2.45) is 0 Å². The molecule has 0 bridgehead atoms. The minimum Gasteiger partial charge on any atom is -0.481 e. The Morgan fingerprint density at radius 1 is 1.40 bits per heavy atom. The molecule has 1 aromatic heterocycles. The number of sulfone groups is 1. The normalized spacial score (nSPS) is 16.9. The van der Waals surface area contributed by atoms with Gasteiger partial charge in [-0.1, -0.05) is 0 Å². The zero-order chi connectivity index (χ0) is 14.8. The lowest BCUT2D eigenvalue weighted by molar-refractivity contribution is -0.388. The van der Waals surface area contributed by atoms with Gasteiger partial charge in [0.2, 0.25) is 20.7 Å². The van der Waals surface area contributed by atoms with Crippen LogP contribution in [0.5, 0.6) is 5.88 Å². The monoisotopic (exact) mass is 302 g/mol. The summed E-state index contributed by atoms with van der Waals surface area (Å²) in [6, 6.07) is 2.36. The van der Waals surface area contributed by atoms with Gasteiger partial charge in [0.1, 0.15) is 0 Å². The van der Waals surface area contributed by atoms with Crippen LogP contribution in [0.1, 0.15) is 12.8 Å². The van der Waals surface area contributed by atoms with E-state index in [4.69, 9.17) is 9.47 Å². The van der Waals surface area contributed by atoms with Gasteiger partial charge in [-0.25, -0.2) is 8.42 Å². The second-order valence-electron chi connectivity index (χ2n) is 4.29. The molecule has 1 aliphatic rings. The van der Waals surface area contributed by atoms with E-state index in [0.717, 1.165) is 6.07 Å². The minimum atomic E-state index is -3.88. The maximum absolute atomic E-state index is 12.5. The highest BCUT2D eigenvalue weighted by Crippen LogP contribution is 2.30. The molecular formula is C11H14N2O6S. The van der Waals surface area contributed by atoms with Gasteiger partial charge in [-0.05, 0) is 12.8 Å². The quantitative estimate of drug-likeness (QED) is 0.601. The SMILES string of the molecule is COc1ccc([N+](=O)[O-])c(S(=O)(=O)C2CCOCC2)n1. The Hall–Kier alpha value is -1.74. The first-order valence-electron chi connectivity index (χ1n) is 5.98. The van der Waals surface area contributed by atoms with E-state index >= 15 is 0 Å². The van der Waals surface area contributed by atoms with Gasteiger partial charge in [-0.2, -0.15) is 4.98 Å². The van der Waals surface area contributed by atoms with E-state index in [0.29, 0.717) is 26.1 Å². The molecule has 110 valence electrons. The van der Waals surface area contributed by atoms with Crippen molar-refractivity contribution >= 4 is 15.5 Å². The first-order valence-corrected chi connectivity index (χ1v) is 7.52. The molecule has 1 saturated heterocycles. The largest absolute Gasteiger partial charge is 0.481 e. The Morgan fingerprint density at radius 2 is 2.05 bits per heavy atom. The van der Waals surface area contributed by atoms with Crippen molar-refractivity contribution in [3.63, 3.8) is 0 Å². The third kappa shape index (κ3) is 2.73. The number of pyridine rings is 1. The summed E-state index contributed by atoms with van der Waals surface area (Å²) in [4.78, 5) is 14.0. The average Bonchev–Trinajstić information content (AvgIpc) is 2.47. The van der Waals surface area contributed by atoms with Gasteiger partial charge in [-0.15, -0.1) is 0 Å². The molecule has 0 atom stereocenters. The van der Waals surface area contributed by atoms with Crippen LogP contribution in [0.15, 0.2) is 17.2 Å². The molecule has 0 saturated carbocycles. The molecule has 0 radical (unpaired) electrons. The highest BCUT2D eigenvalue weighted by molar-refractivity contribution is 7.92. The van der Waals surface area contributed by atoms with Crippen LogP contribution in [0.4, 0.5) is 5.69 Å². The van der Waals surface area contributed by atoms with Crippen molar-refractivity contribution in [2.45, 2.75) is 23.1 Å². The molecule has 0 spiro atoms. The summed E-state index contributed by atoms with van der Waals surface area (Å²) in [6.45, 7) is 0.642. The number of ether oxygens (including phenoxy) is 2. The topological polar surface area (TPSA) is 109 Å². The smallest absolute Gasteiger partial charge is 0.306 e. The Labute approximate surface area is 115 Å². The molecule has 1 fully saturated rings. The Kier molecular flexibility index (Phi) is 4.19. The minimum absolute atomic E-state index is 0.0289. The lowest BCUT2D eigenvalue weighted by Crippen LogP contribution is -2.30. The Bertz CT molecular complexity index is 609. The summed E-state index contributed by atoms with van der Waals surface area (Å²) < 4.78 is 35.0. The summed E-state index contributed by atoms with van der Waals surface area (Å²) in [5.41, 5.74) is -0.530. The molecule has 0 amide bonds. The fourth-order valence-electron chi connectivity index (χ4n) is 2.02. The standard InChI is InChI=1S/C11H14N2O6S/c1-18-10-3-2-9(13(14)15)11(12-10)20(16,17)8-4-6-19-7-5-8/h2-3,8H,4-7H2,1H3. The number of aromatic nitrogens is 1. The number of methoxy groups -OCH3 is 1. The van der Waals surface area contributed by atoms with Gasteiger partial charge < -0.3 is 9.47 Å². The van der Waals surface area contributed by atoms with Crippen molar-refractivity contribution in [1.82, 2.24) is 4.98 Å². The van der Waals surface area contributed by atoms with Gasteiger partial charge in [-0.3, -0.25) is 10.1 Å². The fourth-order valence-corrected chi connectivity index (χ4v) is 3.80. The summed E-state index contributed by atoms with van der Waals surface area (Å²) >= 11 is 0. The lowest BCUT2D eigenvalue weighted by atomic mass is 10.2. The van der Waals surface area contributed by atoms with E-state index in [9.17, 15) is 18.5 Å². The maximum atomic E-state index is 12.5. The van der Waals surface area contributed by atoms with E-state index in [1.807, 2.05) is 0 Å². The van der Waals surface area contributed by atoms with Crippen LogP contribution in [-0.4, -0.2) is 43.9 Å². The molecule has 1 aromatic rings. The van der Waals surface area contributed by atoms with Gasteiger partial charge in [0.25, 0.3) is 0 Å². The third-order valence-electron chi connectivity index (χ3n) is 3.10. The molecule has 0 unspecified atom stereocenters. The Balaban J connectivity index is 2.50. The zero-order valence-electron chi connectivity index (χ0n) is 10.8. The second kappa shape index (κ2) is 5.71. The molecule has 0 N–H and O–H groups in total. The molecule has 2 heterocycles. The molecule has 8 nitrogen and oxygen atoms in total. The van der Waals surface area contributed by atoms with Crippen molar-refractivity contribution < 1.29 is 22.8 Å². The summed E-state index contributed by atoms with van der Waals surface area (Å²) in [5.74, 6) is 0.0289. The highest BCUT2D eigenvalue weighted by Gasteiger charge is 2.36. The van der Waals surface area contributed by atoms with Gasteiger partial charge in [0.05, 0.1) is 17.3 Å². The van der Waals surface area contributed by atoms with Crippen molar-refractivity contribution in [2.75, 3.05) is 20.3 Å². The second-order valence-corrected chi connectivity index (χ2v) is 6.44. The van der Waals surface area contributed by atoms with Crippen LogP contribution >= 0.6 is 0 Å². The maximum Gasteiger partial charge on any atom is 0.306 e. The van der Waals surface area contributed by atoms with Crippen LogP contribution in [-0.2, 0) is 14.6 Å². The molecular weight excluding hydrogens is 288 g/mol. The van der Waals surface area contributed by atoms with Crippen LogP contribution in [0.25, 0.3) is 0 Å². The molecule has 0 aliphatic carbocycles. The first kappa shape index (κ1) is 14.7. The van der Waals surface area contributed by atoms with E-state index in [-0.39, 0.29) is 5.88 Å². The third-order valence-corrected chi connectivity index (χ3v) is 5.29. The van der Waals surface area contributed by atoms with Gasteiger partial charge in [0, 0.05) is 25.3 Å². The number of hydrogen-bond donors (Lipinski definition) is 0. The predicted molar refractivity (Wildman–Crippen MR) is 68.5 cm³/mol. The number of nitro groups is 1.